The minimum absolute atomic E-state index is 0.0812. The van der Waals surface area contributed by atoms with Crippen molar-refractivity contribution >= 4 is 55.0 Å². The maximum Gasteiger partial charge on any atom is 0.0779 e. The maximum absolute atomic E-state index is 4.09. The molecule has 2 heteroatoms. The van der Waals surface area contributed by atoms with E-state index in [0.29, 0.717) is 0 Å². The molecule has 0 aliphatic carbocycles. The number of fused-ring (bicyclic) bond motifs is 5. The molecule has 0 saturated heterocycles. The van der Waals surface area contributed by atoms with E-state index in [-0.39, 0.29) is 6.04 Å². The van der Waals surface area contributed by atoms with Gasteiger partial charge in [0, 0.05) is 22.0 Å². The molecule has 1 atom stereocenters. The number of aromatic nitrogens is 1. The fourth-order valence-corrected chi connectivity index (χ4v) is 9.19. The number of nitrogens with zero attached hydrogens (tertiary/aromatic N) is 1. The molecule has 0 saturated carbocycles. The zero-order chi connectivity index (χ0) is 39.1. The van der Waals surface area contributed by atoms with E-state index in [2.05, 4.69) is 240 Å². The van der Waals surface area contributed by atoms with E-state index in [9.17, 15) is 0 Å². The van der Waals surface area contributed by atoms with Crippen LogP contribution in [0.25, 0.3) is 71.8 Å². The van der Waals surface area contributed by atoms with Gasteiger partial charge in [0.1, 0.15) is 0 Å². The molecule has 1 N–H and O–H groups in total. The number of benzene rings is 9. The first-order chi connectivity index (χ1) is 29.3. The van der Waals surface area contributed by atoms with Crippen LogP contribution in [0.2, 0.25) is 0 Å². The highest BCUT2D eigenvalue weighted by molar-refractivity contribution is 6.24. The van der Waals surface area contributed by atoms with Gasteiger partial charge in [-0.1, -0.05) is 206 Å². The number of para-hydroxylation sites is 1. The van der Waals surface area contributed by atoms with Crippen LogP contribution in [0.1, 0.15) is 33.9 Å². The van der Waals surface area contributed by atoms with Crippen molar-refractivity contribution in [2.24, 2.45) is 0 Å². The normalized spacial score (nSPS) is 14.3. The van der Waals surface area contributed by atoms with Gasteiger partial charge in [-0.15, -0.1) is 0 Å². The molecule has 0 bridgehead atoms. The second kappa shape index (κ2) is 14.7. The van der Waals surface area contributed by atoms with Crippen LogP contribution in [0, 0.1) is 0 Å². The molecule has 1 aliphatic heterocycles. The summed E-state index contributed by atoms with van der Waals surface area (Å²) in [5.41, 5.74) is 16.7. The van der Waals surface area contributed by atoms with E-state index in [0.717, 1.165) is 16.9 Å². The fraction of sp³-hybridized carbons (Fsp3) is 0.0175. The van der Waals surface area contributed by atoms with Crippen LogP contribution >= 0.6 is 0 Å². The third kappa shape index (κ3) is 6.05. The molecule has 0 fully saturated rings. The van der Waals surface area contributed by atoms with Crippen LogP contribution in [0.3, 0.4) is 0 Å². The first kappa shape index (κ1) is 34.6. The summed E-state index contributed by atoms with van der Waals surface area (Å²) >= 11 is 0. The lowest BCUT2D eigenvalue weighted by molar-refractivity contribution is 0.787. The molecular formula is C57H40N2. The second-order valence-corrected chi connectivity index (χ2v) is 15.3. The van der Waals surface area contributed by atoms with Crippen LogP contribution < -0.4 is 5.32 Å². The van der Waals surface area contributed by atoms with Crippen LogP contribution in [-0.4, -0.2) is 4.57 Å². The van der Waals surface area contributed by atoms with Crippen molar-refractivity contribution in [1.82, 2.24) is 9.88 Å². The molecule has 2 nitrogen and oxygen atoms in total. The molecule has 1 aromatic heterocycles. The Morgan fingerprint density at radius 1 is 0.339 bits per heavy atom. The van der Waals surface area contributed by atoms with Gasteiger partial charge in [0.05, 0.1) is 22.8 Å². The number of dihydropyridines is 1. The maximum atomic E-state index is 4.09. The van der Waals surface area contributed by atoms with E-state index in [4.69, 9.17) is 0 Å². The molecule has 0 amide bonds. The third-order valence-electron chi connectivity index (χ3n) is 11.9. The zero-order valence-electron chi connectivity index (χ0n) is 32.5. The minimum Gasteiger partial charge on any atom is -0.373 e. The van der Waals surface area contributed by atoms with Gasteiger partial charge < -0.3 is 9.88 Å². The Bertz CT molecular complexity index is 3180. The summed E-state index contributed by atoms with van der Waals surface area (Å²) in [5.74, 6) is 0. The van der Waals surface area contributed by atoms with E-state index in [1.54, 1.807) is 0 Å². The van der Waals surface area contributed by atoms with Crippen molar-refractivity contribution < 1.29 is 0 Å². The van der Waals surface area contributed by atoms with Crippen LogP contribution in [0.4, 0.5) is 0 Å². The molecule has 1 unspecified atom stereocenters. The van der Waals surface area contributed by atoms with Gasteiger partial charge in [0.25, 0.3) is 0 Å². The van der Waals surface area contributed by atoms with Crippen molar-refractivity contribution in [2.45, 2.75) is 6.04 Å². The molecule has 9 aromatic carbocycles. The predicted octanol–water partition coefficient (Wildman–Crippen LogP) is 14.4. The molecule has 1 aliphatic rings. The molecule has 2 heterocycles. The second-order valence-electron chi connectivity index (χ2n) is 15.3. The summed E-state index contributed by atoms with van der Waals surface area (Å²) in [4.78, 5) is 0. The van der Waals surface area contributed by atoms with Crippen molar-refractivity contribution in [2.75, 3.05) is 0 Å². The highest BCUT2D eigenvalue weighted by atomic mass is 15.0. The van der Waals surface area contributed by atoms with Crippen molar-refractivity contribution in [3.63, 3.8) is 0 Å². The molecule has 0 spiro atoms. The Morgan fingerprint density at radius 3 is 1.53 bits per heavy atom. The largest absolute Gasteiger partial charge is 0.373 e. The van der Waals surface area contributed by atoms with E-state index < -0.39 is 0 Å². The zero-order valence-corrected chi connectivity index (χ0v) is 32.5. The van der Waals surface area contributed by atoms with Crippen LogP contribution in [0.15, 0.2) is 231 Å². The van der Waals surface area contributed by atoms with E-state index in [1.165, 1.54) is 82.7 Å². The number of nitrogens with one attached hydrogen (secondary N) is 1. The summed E-state index contributed by atoms with van der Waals surface area (Å²) in [5, 5.41) is 9.21. The van der Waals surface area contributed by atoms with Crippen molar-refractivity contribution in [1.29, 1.82) is 0 Å². The topological polar surface area (TPSA) is 17.0 Å². The lowest BCUT2D eigenvalue weighted by Gasteiger charge is -2.36. The Morgan fingerprint density at radius 2 is 0.847 bits per heavy atom. The van der Waals surface area contributed by atoms with Crippen LogP contribution in [-0.2, 0) is 0 Å². The van der Waals surface area contributed by atoms with E-state index in [1.807, 2.05) is 0 Å². The summed E-state index contributed by atoms with van der Waals surface area (Å²) in [6, 6.07) is 83.6. The smallest absolute Gasteiger partial charge is 0.0779 e. The lowest BCUT2D eigenvalue weighted by atomic mass is 9.77. The van der Waals surface area contributed by atoms with Gasteiger partial charge >= 0.3 is 0 Å². The highest BCUT2D eigenvalue weighted by Gasteiger charge is 2.33. The monoisotopic (exact) mass is 752 g/mol. The standard InChI is InChI=1S/C57H40N2/c1-5-18-42(19-6-1)53-52(54(43-20-7-2-8-21-43)57(46-24-11-4-12-25-46)58-56(53)45-22-9-3-10-23-45)44-31-29-39(30-32-44)40-33-36-47(37-34-40)59-50-28-16-15-27-49(50)55-48-26-14-13-17-41(48)35-38-51(55)59/h1-38,56,58H. The number of allylic oxidation sites excluding steroid dienone is 2. The van der Waals surface area contributed by atoms with Crippen LogP contribution in [0.5, 0.6) is 0 Å². The Labute approximate surface area is 344 Å². The molecule has 59 heavy (non-hydrogen) atoms. The van der Waals surface area contributed by atoms with Gasteiger partial charge in [-0.25, -0.2) is 0 Å². The molecule has 278 valence electrons. The fourth-order valence-electron chi connectivity index (χ4n) is 9.19. The first-order valence-electron chi connectivity index (χ1n) is 20.4. The first-order valence-corrected chi connectivity index (χ1v) is 20.4. The van der Waals surface area contributed by atoms with Gasteiger partial charge in [-0.2, -0.15) is 0 Å². The summed E-state index contributed by atoms with van der Waals surface area (Å²) in [6.45, 7) is 0. The SMILES string of the molecule is c1ccc(C2=C(c3ccccc3)C(c3ccc(-c4ccc(-n5c6ccccc6c6c7ccccc7ccc65)cc4)cc3)=C(c3ccccc3)C(c3ccccc3)N2)cc1. The molecule has 11 rings (SSSR count). The number of rotatable bonds is 7. The Hall–Kier alpha value is -7.68. The van der Waals surface area contributed by atoms with E-state index >= 15 is 0 Å². The van der Waals surface area contributed by atoms with Gasteiger partial charge in [0.2, 0.25) is 0 Å². The summed E-state index contributed by atoms with van der Waals surface area (Å²) in [7, 11) is 0. The summed E-state index contributed by atoms with van der Waals surface area (Å²) < 4.78 is 2.41. The van der Waals surface area contributed by atoms with Gasteiger partial charge in [-0.3, -0.25) is 0 Å². The van der Waals surface area contributed by atoms with Gasteiger partial charge in [-0.05, 0) is 85.1 Å². The quantitative estimate of drug-likeness (QED) is 0.172. The number of hydrogen-bond donors (Lipinski definition) is 1. The Balaban J connectivity index is 1.06. The third-order valence-corrected chi connectivity index (χ3v) is 11.9. The Kier molecular flexibility index (Phi) is 8.60. The average molecular weight is 753 g/mol. The highest BCUT2D eigenvalue weighted by Crippen LogP contribution is 2.50. The molecule has 10 aromatic rings. The van der Waals surface area contributed by atoms with Crippen molar-refractivity contribution in [3.05, 3.63) is 258 Å². The van der Waals surface area contributed by atoms with Gasteiger partial charge in [0.15, 0.2) is 0 Å². The lowest BCUT2D eigenvalue weighted by Crippen LogP contribution is -2.27. The predicted molar refractivity (Wildman–Crippen MR) is 249 cm³/mol. The average Bonchev–Trinajstić information content (AvgIpc) is 3.67. The molecule has 0 radical (unpaired) electrons. The minimum atomic E-state index is -0.0812. The molecular weight excluding hydrogens is 713 g/mol. The number of hydrogen-bond acceptors (Lipinski definition) is 1. The van der Waals surface area contributed by atoms with Crippen molar-refractivity contribution in [3.8, 4) is 16.8 Å². The summed E-state index contributed by atoms with van der Waals surface area (Å²) in [6.07, 6.45) is 0.